The van der Waals surface area contributed by atoms with Crippen LogP contribution in [0.5, 0.6) is 28.7 Å². The summed E-state index contributed by atoms with van der Waals surface area (Å²) >= 11 is 0. The molecule has 0 saturated carbocycles. The van der Waals surface area contributed by atoms with Gasteiger partial charge in [0.2, 0.25) is 5.75 Å². The lowest BCUT2D eigenvalue weighted by Crippen LogP contribution is -2.08. The van der Waals surface area contributed by atoms with Crippen molar-refractivity contribution in [2.75, 3.05) is 27.9 Å². The van der Waals surface area contributed by atoms with Gasteiger partial charge in [-0.15, -0.1) is 0 Å². The topological polar surface area (TPSA) is 72.5 Å². The summed E-state index contributed by atoms with van der Waals surface area (Å²) in [5.41, 5.74) is 2.14. The lowest BCUT2D eigenvalue weighted by Gasteiger charge is -2.15. The Kier molecular flexibility index (Phi) is 6.36. The number of benzene rings is 2. The van der Waals surface area contributed by atoms with Gasteiger partial charge >= 0.3 is 5.97 Å². The van der Waals surface area contributed by atoms with Crippen LogP contribution in [0.4, 0.5) is 0 Å². The van der Waals surface area contributed by atoms with Crippen LogP contribution in [-0.4, -0.2) is 40.0 Å². The molecule has 0 fully saturated rings. The van der Waals surface area contributed by atoms with Gasteiger partial charge in [0, 0.05) is 17.5 Å². The zero-order chi connectivity index (χ0) is 21.0. The van der Waals surface area contributed by atoms with E-state index in [1.54, 1.807) is 12.1 Å². The Labute approximate surface area is 170 Å². The van der Waals surface area contributed by atoms with Crippen LogP contribution in [0.15, 0.2) is 24.3 Å². The second-order valence-corrected chi connectivity index (χ2v) is 6.62. The summed E-state index contributed by atoms with van der Waals surface area (Å²) in [5, 5.41) is 0. The fraction of sp³-hybridized carbons (Fsp3) is 0.409. The number of methoxy groups -OCH3 is 3. The van der Waals surface area contributed by atoms with Crippen LogP contribution in [0, 0.1) is 0 Å². The highest BCUT2D eigenvalue weighted by atomic mass is 16.5. The third kappa shape index (κ3) is 4.34. The molecular formula is C22H26O7. The molecule has 3 rings (SSSR count). The first-order chi connectivity index (χ1) is 14.0. The first-order valence-corrected chi connectivity index (χ1v) is 9.43. The van der Waals surface area contributed by atoms with E-state index in [0.29, 0.717) is 35.2 Å². The summed E-state index contributed by atoms with van der Waals surface area (Å²) in [5.74, 6) is 2.17. The monoisotopic (exact) mass is 402 g/mol. The fourth-order valence-corrected chi connectivity index (χ4v) is 3.31. The van der Waals surface area contributed by atoms with E-state index in [-0.39, 0.29) is 12.7 Å². The third-order valence-electron chi connectivity index (χ3n) is 4.64. The normalized spacial score (nSPS) is 14.6. The summed E-state index contributed by atoms with van der Waals surface area (Å²) < 4.78 is 33.0. The van der Waals surface area contributed by atoms with Gasteiger partial charge in [0.25, 0.3) is 0 Å². The van der Waals surface area contributed by atoms with Crippen molar-refractivity contribution in [2.45, 2.75) is 33.0 Å². The van der Waals surface area contributed by atoms with E-state index in [1.165, 1.54) is 21.3 Å². The molecule has 1 aliphatic heterocycles. The molecule has 0 saturated heterocycles. The number of esters is 1. The van der Waals surface area contributed by atoms with E-state index in [1.807, 2.05) is 26.0 Å². The highest BCUT2D eigenvalue weighted by molar-refractivity contribution is 5.91. The predicted octanol–water partition coefficient (Wildman–Crippen LogP) is 3.79. The minimum Gasteiger partial charge on any atom is -0.493 e. The number of fused-ring (bicyclic) bond motifs is 1. The van der Waals surface area contributed by atoms with Crippen LogP contribution in [0.3, 0.4) is 0 Å². The molecule has 0 amide bonds. The Hall–Kier alpha value is -3.09. The van der Waals surface area contributed by atoms with Gasteiger partial charge in [-0.1, -0.05) is 0 Å². The average molecular weight is 402 g/mol. The minimum absolute atomic E-state index is 0.0514. The SMILES string of the molecule is CCOc1cc2c(cc1COC(=O)c1cc(OC)c(OC)c(OC)c1)OC(C)C2. The van der Waals surface area contributed by atoms with Gasteiger partial charge in [-0.25, -0.2) is 4.79 Å². The molecule has 1 heterocycles. The Morgan fingerprint density at radius 1 is 1.03 bits per heavy atom. The van der Waals surface area contributed by atoms with Crippen LogP contribution < -0.4 is 23.7 Å². The van der Waals surface area contributed by atoms with Gasteiger partial charge in [0.05, 0.1) is 33.5 Å². The zero-order valence-corrected chi connectivity index (χ0v) is 17.4. The van der Waals surface area contributed by atoms with Crippen LogP contribution >= 0.6 is 0 Å². The molecule has 1 unspecified atom stereocenters. The van der Waals surface area contributed by atoms with Crippen LogP contribution in [0.1, 0.15) is 35.3 Å². The fourth-order valence-electron chi connectivity index (χ4n) is 3.31. The molecule has 0 bridgehead atoms. The first kappa shape index (κ1) is 20.6. The lowest BCUT2D eigenvalue weighted by atomic mass is 10.1. The van der Waals surface area contributed by atoms with E-state index in [0.717, 1.165) is 23.3 Å². The Balaban J connectivity index is 1.81. The summed E-state index contributed by atoms with van der Waals surface area (Å²) in [6, 6.07) is 6.96. The number of hydrogen-bond donors (Lipinski definition) is 0. The molecule has 0 aromatic heterocycles. The molecule has 2 aromatic carbocycles. The maximum atomic E-state index is 12.7. The minimum atomic E-state index is -0.513. The highest BCUT2D eigenvalue weighted by Crippen LogP contribution is 2.39. The molecule has 7 nitrogen and oxygen atoms in total. The summed E-state index contributed by atoms with van der Waals surface area (Å²) in [6.07, 6.45) is 0.956. The second kappa shape index (κ2) is 8.94. The van der Waals surface area contributed by atoms with Gasteiger partial charge in [0.15, 0.2) is 11.5 Å². The van der Waals surface area contributed by atoms with Crippen molar-refractivity contribution in [3.8, 4) is 28.7 Å². The van der Waals surface area contributed by atoms with Gasteiger partial charge in [0.1, 0.15) is 24.2 Å². The summed E-state index contributed by atoms with van der Waals surface area (Å²) in [4.78, 5) is 12.7. The standard InChI is InChI=1S/C22H26O7/c1-6-27-17-8-14-7-13(2)29-18(14)11-16(17)12-28-22(23)15-9-19(24-3)21(26-5)20(10-15)25-4/h8-11,13H,6-7,12H2,1-5H3. The molecular weight excluding hydrogens is 376 g/mol. The van der Waals surface area contributed by atoms with Crippen molar-refractivity contribution >= 4 is 5.97 Å². The van der Waals surface area contributed by atoms with Crippen LogP contribution in [0.25, 0.3) is 0 Å². The van der Waals surface area contributed by atoms with Crippen LogP contribution in [0.2, 0.25) is 0 Å². The van der Waals surface area contributed by atoms with Gasteiger partial charge in [-0.3, -0.25) is 0 Å². The number of carbonyl (C=O) groups is 1. The molecule has 156 valence electrons. The van der Waals surface area contributed by atoms with Crippen molar-refractivity contribution in [3.05, 3.63) is 41.0 Å². The largest absolute Gasteiger partial charge is 0.493 e. The molecule has 0 N–H and O–H groups in total. The van der Waals surface area contributed by atoms with E-state index >= 15 is 0 Å². The highest BCUT2D eigenvalue weighted by Gasteiger charge is 2.23. The molecule has 0 aliphatic carbocycles. The van der Waals surface area contributed by atoms with Crippen molar-refractivity contribution in [1.82, 2.24) is 0 Å². The van der Waals surface area contributed by atoms with Crippen molar-refractivity contribution in [3.63, 3.8) is 0 Å². The smallest absolute Gasteiger partial charge is 0.338 e. The molecule has 2 aromatic rings. The molecule has 7 heteroatoms. The lowest BCUT2D eigenvalue weighted by molar-refractivity contribution is 0.0468. The Morgan fingerprint density at radius 2 is 1.72 bits per heavy atom. The first-order valence-electron chi connectivity index (χ1n) is 9.43. The van der Waals surface area contributed by atoms with E-state index in [2.05, 4.69) is 0 Å². The molecule has 0 radical (unpaired) electrons. The number of hydrogen-bond acceptors (Lipinski definition) is 7. The molecule has 1 atom stereocenters. The number of ether oxygens (including phenoxy) is 6. The van der Waals surface area contributed by atoms with Gasteiger partial charge < -0.3 is 28.4 Å². The Morgan fingerprint density at radius 3 is 2.31 bits per heavy atom. The van der Waals surface area contributed by atoms with Crippen LogP contribution in [-0.2, 0) is 17.8 Å². The van der Waals surface area contributed by atoms with E-state index in [9.17, 15) is 4.79 Å². The van der Waals surface area contributed by atoms with E-state index < -0.39 is 5.97 Å². The molecule has 0 spiro atoms. The number of carbonyl (C=O) groups excluding carboxylic acids is 1. The number of rotatable bonds is 8. The molecule has 1 aliphatic rings. The third-order valence-corrected chi connectivity index (χ3v) is 4.64. The second-order valence-electron chi connectivity index (χ2n) is 6.62. The Bertz CT molecular complexity index is 866. The van der Waals surface area contributed by atoms with Gasteiger partial charge in [-0.2, -0.15) is 0 Å². The maximum absolute atomic E-state index is 12.7. The molecule has 29 heavy (non-hydrogen) atoms. The summed E-state index contributed by atoms with van der Waals surface area (Å²) in [6.45, 7) is 4.50. The maximum Gasteiger partial charge on any atom is 0.338 e. The quantitative estimate of drug-likeness (QED) is 0.622. The van der Waals surface area contributed by atoms with E-state index in [4.69, 9.17) is 28.4 Å². The van der Waals surface area contributed by atoms with Crippen molar-refractivity contribution < 1.29 is 33.2 Å². The average Bonchev–Trinajstić information content (AvgIpc) is 3.09. The predicted molar refractivity (Wildman–Crippen MR) is 107 cm³/mol. The van der Waals surface area contributed by atoms with Gasteiger partial charge in [-0.05, 0) is 38.1 Å². The summed E-state index contributed by atoms with van der Waals surface area (Å²) in [7, 11) is 4.49. The van der Waals surface area contributed by atoms with Crippen molar-refractivity contribution in [1.29, 1.82) is 0 Å². The zero-order valence-electron chi connectivity index (χ0n) is 17.4. The van der Waals surface area contributed by atoms with Crippen molar-refractivity contribution in [2.24, 2.45) is 0 Å².